The Kier molecular flexibility index (Phi) is 5.37. The van der Waals surface area contributed by atoms with Crippen LogP contribution in [0.1, 0.15) is 18.5 Å². The van der Waals surface area contributed by atoms with Crippen LogP contribution in [-0.2, 0) is 13.1 Å². The summed E-state index contributed by atoms with van der Waals surface area (Å²) in [5.41, 5.74) is 0.853. The topological polar surface area (TPSA) is 86.8 Å². The summed E-state index contributed by atoms with van der Waals surface area (Å²) in [4.78, 5) is 0. The van der Waals surface area contributed by atoms with E-state index < -0.39 is 0 Å². The number of nitrogens with one attached hydrogen (secondary N) is 1. The molecule has 0 aromatic carbocycles. The summed E-state index contributed by atoms with van der Waals surface area (Å²) in [6, 6.07) is 2.06. The quantitative estimate of drug-likeness (QED) is 0.600. The van der Waals surface area contributed by atoms with Crippen molar-refractivity contribution < 1.29 is 5.11 Å². The van der Waals surface area contributed by atoms with Gasteiger partial charge in [-0.1, -0.05) is 5.21 Å². The monoisotopic (exact) mass is 209 g/mol. The number of hydrogen-bond acceptors (Lipinski definition) is 5. The van der Waals surface area contributed by atoms with Crippen molar-refractivity contribution in [1.29, 1.82) is 5.26 Å². The van der Waals surface area contributed by atoms with Crippen LogP contribution in [0.4, 0.5) is 0 Å². The molecule has 2 N–H and O–H groups in total. The fourth-order valence-corrected chi connectivity index (χ4v) is 1.12. The summed E-state index contributed by atoms with van der Waals surface area (Å²) in [7, 11) is 0. The number of aliphatic hydroxyl groups is 1. The largest absolute Gasteiger partial charge is 0.396 e. The first kappa shape index (κ1) is 11.6. The second-order valence-electron chi connectivity index (χ2n) is 3.14. The molecule has 15 heavy (non-hydrogen) atoms. The van der Waals surface area contributed by atoms with E-state index in [9.17, 15) is 0 Å². The average molecular weight is 209 g/mol. The van der Waals surface area contributed by atoms with Gasteiger partial charge in [0.1, 0.15) is 0 Å². The average Bonchev–Trinajstić information content (AvgIpc) is 2.69. The molecule has 0 saturated carbocycles. The van der Waals surface area contributed by atoms with E-state index in [0.29, 0.717) is 32.5 Å². The zero-order valence-corrected chi connectivity index (χ0v) is 8.56. The summed E-state index contributed by atoms with van der Waals surface area (Å²) in [6.45, 7) is 2.14. The van der Waals surface area contributed by atoms with Gasteiger partial charge in [-0.3, -0.25) is 4.68 Å². The Morgan fingerprint density at radius 3 is 3.20 bits per heavy atom. The molecule has 82 valence electrons. The van der Waals surface area contributed by atoms with Gasteiger partial charge in [-0.05, 0) is 6.42 Å². The molecule has 6 heteroatoms. The molecular formula is C9H15N5O. The smallest absolute Gasteiger partial charge is 0.0964 e. The van der Waals surface area contributed by atoms with Crippen LogP contribution in [-0.4, -0.2) is 33.3 Å². The lowest BCUT2D eigenvalue weighted by atomic mass is 10.4. The molecule has 0 fully saturated rings. The molecule has 1 aromatic heterocycles. The number of aliphatic hydroxyl groups excluding tert-OH is 1. The van der Waals surface area contributed by atoms with E-state index >= 15 is 0 Å². The van der Waals surface area contributed by atoms with Crippen molar-refractivity contribution >= 4 is 0 Å². The first-order valence-corrected chi connectivity index (χ1v) is 4.94. The predicted molar refractivity (Wildman–Crippen MR) is 53.7 cm³/mol. The van der Waals surface area contributed by atoms with Crippen molar-refractivity contribution in [3.05, 3.63) is 11.9 Å². The van der Waals surface area contributed by atoms with Crippen molar-refractivity contribution in [2.24, 2.45) is 0 Å². The van der Waals surface area contributed by atoms with Crippen LogP contribution in [0.5, 0.6) is 0 Å². The highest BCUT2D eigenvalue weighted by Gasteiger charge is 1.99. The highest BCUT2D eigenvalue weighted by molar-refractivity contribution is 4.91. The molecule has 0 aliphatic carbocycles. The van der Waals surface area contributed by atoms with Gasteiger partial charge in [-0.15, -0.1) is 5.10 Å². The molecule has 0 amide bonds. The normalized spacial score (nSPS) is 10.1. The van der Waals surface area contributed by atoms with E-state index in [2.05, 4.69) is 21.7 Å². The minimum absolute atomic E-state index is 0.162. The Bertz CT molecular complexity index is 317. The first-order chi connectivity index (χ1) is 7.36. The molecule has 0 radical (unpaired) electrons. The third-order valence-electron chi connectivity index (χ3n) is 1.85. The summed E-state index contributed by atoms with van der Waals surface area (Å²) < 4.78 is 1.71. The number of nitrogens with zero attached hydrogens (tertiary/aromatic N) is 4. The van der Waals surface area contributed by atoms with E-state index in [1.807, 2.05) is 6.20 Å². The maximum absolute atomic E-state index is 8.63. The van der Waals surface area contributed by atoms with Crippen LogP contribution >= 0.6 is 0 Å². The van der Waals surface area contributed by atoms with Gasteiger partial charge in [-0.25, -0.2) is 0 Å². The Hall–Kier alpha value is -1.45. The molecular weight excluding hydrogens is 194 g/mol. The van der Waals surface area contributed by atoms with Gasteiger partial charge < -0.3 is 10.4 Å². The zero-order valence-electron chi connectivity index (χ0n) is 8.56. The minimum Gasteiger partial charge on any atom is -0.396 e. The third kappa shape index (κ3) is 4.54. The Balaban J connectivity index is 2.24. The number of rotatable bonds is 7. The Morgan fingerprint density at radius 1 is 1.60 bits per heavy atom. The SMILES string of the molecule is N#CCCNCc1cn(CCCO)nn1. The van der Waals surface area contributed by atoms with Crippen LogP contribution in [0.15, 0.2) is 6.20 Å². The van der Waals surface area contributed by atoms with Gasteiger partial charge in [-0.2, -0.15) is 5.26 Å². The van der Waals surface area contributed by atoms with Crippen molar-refractivity contribution in [3.63, 3.8) is 0 Å². The van der Waals surface area contributed by atoms with Gasteiger partial charge in [0.25, 0.3) is 0 Å². The highest BCUT2D eigenvalue weighted by Crippen LogP contribution is 1.94. The van der Waals surface area contributed by atoms with Gasteiger partial charge >= 0.3 is 0 Å². The van der Waals surface area contributed by atoms with Gasteiger partial charge in [0.05, 0.1) is 11.8 Å². The number of aromatic nitrogens is 3. The number of hydrogen-bond donors (Lipinski definition) is 2. The molecule has 0 spiro atoms. The second kappa shape index (κ2) is 6.92. The maximum atomic E-state index is 8.63. The molecule has 0 bridgehead atoms. The molecule has 0 aliphatic rings. The molecule has 6 nitrogen and oxygen atoms in total. The van der Waals surface area contributed by atoms with Crippen molar-refractivity contribution in [1.82, 2.24) is 20.3 Å². The van der Waals surface area contributed by atoms with E-state index in [-0.39, 0.29) is 6.61 Å². The lowest BCUT2D eigenvalue weighted by molar-refractivity contribution is 0.276. The molecule has 0 unspecified atom stereocenters. The number of aryl methyl sites for hydroxylation is 1. The highest BCUT2D eigenvalue weighted by atomic mass is 16.3. The van der Waals surface area contributed by atoms with Crippen LogP contribution in [0, 0.1) is 11.3 Å². The van der Waals surface area contributed by atoms with Crippen molar-refractivity contribution in [3.8, 4) is 6.07 Å². The predicted octanol–water partition coefficient (Wildman–Crippen LogP) is -0.336. The van der Waals surface area contributed by atoms with Gasteiger partial charge in [0.2, 0.25) is 0 Å². The fourth-order valence-electron chi connectivity index (χ4n) is 1.12. The van der Waals surface area contributed by atoms with Crippen LogP contribution in [0.3, 0.4) is 0 Å². The second-order valence-corrected chi connectivity index (χ2v) is 3.14. The molecule has 1 rings (SSSR count). The van der Waals surface area contributed by atoms with E-state index in [1.54, 1.807) is 4.68 Å². The third-order valence-corrected chi connectivity index (χ3v) is 1.85. The Morgan fingerprint density at radius 2 is 2.47 bits per heavy atom. The maximum Gasteiger partial charge on any atom is 0.0964 e. The Labute approximate surface area is 88.5 Å². The van der Waals surface area contributed by atoms with E-state index in [0.717, 1.165) is 5.69 Å². The lowest BCUT2D eigenvalue weighted by Gasteiger charge is -1.97. The molecule has 0 aliphatic heterocycles. The van der Waals surface area contributed by atoms with E-state index in [4.69, 9.17) is 10.4 Å². The summed E-state index contributed by atoms with van der Waals surface area (Å²) in [6.07, 6.45) is 3.03. The van der Waals surface area contributed by atoms with E-state index in [1.165, 1.54) is 0 Å². The van der Waals surface area contributed by atoms with Crippen LogP contribution in [0.25, 0.3) is 0 Å². The molecule has 1 heterocycles. The van der Waals surface area contributed by atoms with Crippen molar-refractivity contribution in [2.45, 2.75) is 25.9 Å². The lowest BCUT2D eigenvalue weighted by Crippen LogP contribution is -2.14. The standard InChI is InChI=1S/C9H15N5O/c10-3-1-4-11-7-9-8-14(13-12-9)5-2-6-15/h8,11,15H,1-2,4-7H2. The van der Waals surface area contributed by atoms with Crippen LogP contribution < -0.4 is 5.32 Å². The fraction of sp³-hybridized carbons (Fsp3) is 0.667. The molecule has 0 atom stereocenters. The van der Waals surface area contributed by atoms with Gasteiger partial charge in [0, 0.05) is 38.9 Å². The molecule has 1 aromatic rings. The summed E-state index contributed by atoms with van der Waals surface area (Å²) >= 11 is 0. The number of nitriles is 1. The van der Waals surface area contributed by atoms with Gasteiger partial charge in [0.15, 0.2) is 0 Å². The first-order valence-electron chi connectivity index (χ1n) is 4.94. The summed E-state index contributed by atoms with van der Waals surface area (Å²) in [5, 5.41) is 27.9. The molecule has 0 saturated heterocycles. The van der Waals surface area contributed by atoms with Crippen molar-refractivity contribution in [2.75, 3.05) is 13.2 Å². The zero-order chi connectivity index (χ0) is 10.9. The summed E-state index contributed by atoms with van der Waals surface area (Å²) in [5.74, 6) is 0. The van der Waals surface area contributed by atoms with Crippen LogP contribution in [0.2, 0.25) is 0 Å². The minimum atomic E-state index is 0.162.